The predicted octanol–water partition coefficient (Wildman–Crippen LogP) is 3.70. The standard InChI is InChI=1S/C21H16N2O2.C4H9N.CH5N/c22-21(25)20-11-16-9-8-14(13-24)10-19(16)23(20)12-17-6-3-5-15-4-1-2-7-18(15)17;1-2-4-5-3-1;1-2/h1-11,13H,12H2,(H2,22,25);5H,1-4H2;2H2,1H3. The normalized spacial score (nSPS) is 12.6. The first-order chi connectivity index (χ1) is 15.7. The van der Waals surface area contributed by atoms with Gasteiger partial charge in [0, 0.05) is 23.0 Å². The Bertz CT molecular complexity index is 1200. The molecule has 5 rings (SSSR count). The van der Waals surface area contributed by atoms with Gasteiger partial charge >= 0.3 is 0 Å². The van der Waals surface area contributed by atoms with Crippen molar-refractivity contribution < 1.29 is 9.59 Å². The molecule has 0 radical (unpaired) electrons. The summed E-state index contributed by atoms with van der Waals surface area (Å²) in [5.74, 6) is -0.482. The molecule has 0 aliphatic carbocycles. The van der Waals surface area contributed by atoms with Gasteiger partial charge in [-0.15, -0.1) is 0 Å². The number of nitrogens with one attached hydrogen (secondary N) is 1. The molecule has 1 fully saturated rings. The number of carbonyl (C=O) groups is 2. The molecule has 1 aromatic heterocycles. The molecule has 32 heavy (non-hydrogen) atoms. The number of rotatable bonds is 4. The van der Waals surface area contributed by atoms with Crippen molar-refractivity contribution in [3.05, 3.63) is 83.6 Å². The highest BCUT2D eigenvalue weighted by atomic mass is 16.1. The van der Waals surface area contributed by atoms with E-state index in [1.54, 1.807) is 18.2 Å². The smallest absolute Gasteiger partial charge is 0.265 e. The van der Waals surface area contributed by atoms with Crippen molar-refractivity contribution >= 4 is 33.9 Å². The summed E-state index contributed by atoms with van der Waals surface area (Å²) in [6.45, 7) is 3.01. The van der Waals surface area contributed by atoms with Crippen LogP contribution in [0.3, 0.4) is 0 Å². The van der Waals surface area contributed by atoms with E-state index >= 15 is 0 Å². The van der Waals surface area contributed by atoms with Crippen LogP contribution in [0.15, 0.2) is 66.7 Å². The highest BCUT2D eigenvalue weighted by Gasteiger charge is 2.15. The molecule has 0 unspecified atom stereocenters. The summed E-state index contributed by atoms with van der Waals surface area (Å²) in [4.78, 5) is 23.1. The fourth-order valence-corrected chi connectivity index (χ4v) is 3.94. The summed E-state index contributed by atoms with van der Waals surface area (Å²) in [5.41, 5.74) is 13.0. The molecule has 6 nitrogen and oxygen atoms in total. The van der Waals surface area contributed by atoms with Crippen LogP contribution in [0, 0.1) is 0 Å². The van der Waals surface area contributed by atoms with Gasteiger partial charge in [-0.3, -0.25) is 9.59 Å². The van der Waals surface area contributed by atoms with Gasteiger partial charge in [0.05, 0.1) is 0 Å². The van der Waals surface area contributed by atoms with E-state index in [1.165, 1.54) is 33.0 Å². The van der Waals surface area contributed by atoms with E-state index in [-0.39, 0.29) is 0 Å². The van der Waals surface area contributed by atoms with E-state index < -0.39 is 5.91 Å². The SMILES string of the molecule is C1CCNC1.CN.NC(=O)c1cc2ccc(C=O)cc2n1Cc1cccc2ccccc12. The monoisotopic (exact) mass is 430 g/mol. The largest absolute Gasteiger partial charge is 0.364 e. The van der Waals surface area contributed by atoms with Crippen molar-refractivity contribution in [1.82, 2.24) is 9.88 Å². The summed E-state index contributed by atoms with van der Waals surface area (Å²) in [6, 6.07) is 21.4. The van der Waals surface area contributed by atoms with E-state index in [0.29, 0.717) is 17.8 Å². The lowest BCUT2D eigenvalue weighted by Crippen LogP contribution is -2.17. The third-order valence-electron chi connectivity index (χ3n) is 5.48. The number of amides is 1. The number of nitrogens with zero attached hydrogens (tertiary/aromatic N) is 1. The highest BCUT2D eigenvalue weighted by molar-refractivity contribution is 5.99. The first kappa shape index (κ1) is 23.2. The lowest BCUT2D eigenvalue weighted by molar-refractivity contribution is 0.0992. The Morgan fingerprint density at radius 3 is 2.34 bits per heavy atom. The fraction of sp³-hybridized carbons (Fsp3) is 0.231. The maximum atomic E-state index is 11.9. The number of carbonyl (C=O) groups excluding carboxylic acids is 2. The van der Waals surface area contributed by atoms with E-state index in [0.717, 1.165) is 33.5 Å². The minimum atomic E-state index is -0.482. The lowest BCUT2D eigenvalue weighted by Gasteiger charge is -2.12. The molecule has 3 aromatic carbocycles. The van der Waals surface area contributed by atoms with Crippen molar-refractivity contribution in [3.63, 3.8) is 0 Å². The van der Waals surface area contributed by atoms with Crippen LogP contribution in [0.25, 0.3) is 21.7 Å². The molecule has 0 saturated carbocycles. The quantitative estimate of drug-likeness (QED) is 0.430. The molecule has 6 heteroatoms. The molecule has 1 saturated heterocycles. The summed E-state index contributed by atoms with van der Waals surface area (Å²) >= 11 is 0. The van der Waals surface area contributed by atoms with Gasteiger partial charge in [0.1, 0.15) is 12.0 Å². The zero-order valence-corrected chi connectivity index (χ0v) is 18.4. The highest BCUT2D eigenvalue weighted by Crippen LogP contribution is 2.25. The maximum Gasteiger partial charge on any atom is 0.265 e. The van der Waals surface area contributed by atoms with Gasteiger partial charge in [-0.1, -0.05) is 54.6 Å². The number of fused-ring (bicyclic) bond motifs is 2. The summed E-state index contributed by atoms with van der Waals surface area (Å²) < 4.78 is 1.88. The number of aldehydes is 1. The van der Waals surface area contributed by atoms with Gasteiger partial charge in [-0.05, 0) is 61.4 Å². The van der Waals surface area contributed by atoms with Crippen LogP contribution in [0.2, 0.25) is 0 Å². The zero-order chi connectivity index (χ0) is 22.9. The third-order valence-corrected chi connectivity index (χ3v) is 5.48. The van der Waals surface area contributed by atoms with Crippen LogP contribution >= 0.6 is 0 Å². The van der Waals surface area contributed by atoms with Crippen molar-refractivity contribution in [3.8, 4) is 0 Å². The van der Waals surface area contributed by atoms with Crippen LogP contribution in [0.4, 0.5) is 0 Å². The zero-order valence-electron chi connectivity index (χ0n) is 18.4. The topological polar surface area (TPSA) is 103 Å². The Morgan fingerprint density at radius 2 is 1.69 bits per heavy atom. The van der Waals surface area contributed by atoms with Gasteiger partial charge in [-0.25, -0.2) is 0 Å². The summed E-state index contributed by atoms with van der Waals surface area (Å²) in [6.07, 6.45) is 3.58. The first-order valence-electron chi connectivity index (χ1n) is 10.8. The fourth-order valence-electron chi connectivity index (χ4n) is 3.94. The Morgan fingerprint density at radius 1 is 0.969 bits per heavy atom. The Kier molecular flexibility index (Phi) is 8.14. The number of nitrogens with two attached hydrogens (primary N) is 2. The van der Waals surface area contributed by atoms with Gasteiger partial charge < -0.3 is 21.4 Å². The number of hydrogen-bond acceptors (Lipinski definition) is 4. The van der Waals surface area contributed by atoms with Crippen molar-refractivity contribution in [2.24, 2.45) is 11.5 Å². The van der Waals surface area contributed by atoms with Gasteiger partial charge in [0.25, 0.3) is 5.91 Å². The van der Waals surface area contributed by atoms with Crippen LogP contribution in [0.5, 0.6) is 0 Å². The molecule has 1 aliphatic rings. The molecule has 2 heterocycles. The van der Waals surface area contributed by atoms with Gasteiger partial charge in [0.15, 0.2) is 0 Å². The molecule has 0 bridgehead atoms. The van der Waals surface area contributed by atoms with Crippen LogP contribution in [0.1, 0.15) is 39.3 Å². The van der Waals surface area contributed by atoms with Crippen LogP contribution in [-0.4, -0.2) is 36.9 Å². The molecule has 5 N–H and O–H groups in total. The molecule has 4 aromatic rings. The Labute approximate surface area is 188 Å². The minimum Gasteiger partial charge on any atom is -0.364 e. The Hall–Kier alpha value is -3.48. The van der Waals surface area contributed by atoms with E-state index in [1.807, 2.05) is 34.9 Å². The molecule has 1 aliphatic heterocycles. The van der Waals surface area contributed by atoms with Crippen molar-refractivity contribution in [1.29, 1.82) is 0 Å². The number of primary amides is 1. The molecule has 0 spiro atoms. The van der Waals surface area contributed by atoms with Gasteiger partial charge in [0.2, 0.25) is 0 Å². The third kappa shape index (κ3) is 5.22. The van der Waals surface area contributed by atoms with Crippen molar-refractivity contribution in [2.75, 3.05) is 20.1 Å². The van der Waals surface area contributed by atoms with E-state index in [9.17, 15) is 9.59 Å². The second-order valence-electron chi connectivity index (χ2n) is 7.51. The minimum absolute atomic E-state index is 0.436. The summed E-state index contributed by atoms with van der Waals surface area (Å²) in [5, 5.41) is 6.39. The maximum absolute atomic E-state index is 11.9. The molecular formula is C26H30N4O2. The first-order valence-corrected chi connectivity index (χ1v) is 10.8. The molecule has 1 amide bonds. The summed E-state index contributed by atoms with van der Waals surface area (Å²) in [7, 11) is 1.50. The molecule has 166 valence electrons. The second kappa shape index (κ2) is 11.2. The van der Waals surface area contributed by atoms with E-state index in [4.69, 9.17) is 5.73 Å². The number of benzene rings is 3. The number of hydrogen-bond donors (Lipinski definition) is 3. The average Bonchev–Trinajstić information content (AvgIpc) is 3.53. The Balaban J connectivity index is 0.000000359. The lowest BCUT2D eigenvalue weighted by atomic mass is 10.0. The van der Waals surface area contributed by atoms with E-state index in [2.05, 4.69) is 29.2 Å². The molecule has 0 atom stereocenters. The predicted molar refractivity (Wildman–Crippen MR) is 131 cm³/mol. The molecular weight excluding hydrogens is 400 g/mol. The van der Waals surface area contributed by atoms with Crippen LogP contribution < -0.4 is 16.8 Å². The van der Waals surface area contributed by atoms with Crippen LogP contribution in [-0.2, 0) is 6.54 Å². The second-order valence-corrected chi connectivity index (χ2v) is 7.51. The van der Waals surface area contributed by atoms with Gasteiger partial charge in [-0.2, -0.15) is 0 Å². The van der Waals surface area contributed by atoms with Crippen molar-refractivity contribution in [2.45, 2.75) is 19.4 Å². The average molecular weight is 431 g/mol. The number of aromatic nitrogens is 1.